The molecule has 3 heterocycles. The molecule has 0 amide bonds. The van der Waals surface area contributed by atoms with E-state index in [0.717, 1.165) is 24.6 Å². The fourth-order valence-corrected chi connectivity index (χ4v) is 3.95. The summed E-state index contributed by atoms with van der Waals surface area (Å²) in [5.41, 5.74) is 2.22. The zero-order valence-electron chi connectivity index (χ0n) is 13.0. The molecular weight excluding hydrogens is 296 g/mol. The molecule has 2 aliphatic heterocycles. The molecule has 5 heteroatoms. The number of rotatable bonds is 2. The summed E-state index contributed by atoms with van der Waals surface area (Å²) in [6.45, 7) is 3.35. The molecule has 120 valence electrons. The van der Waals surface area contributed by atoms with Crippen molar-refractivity contribution in [3.05, 3.63) is 48.3 Å². The molecule has 23 heavy (non-hydrogen) atoms. The summed E-state index contributed by atoms with van der Waals surface area (Å²) in [5, 5.41) is 0. The quantitative estimate of drug-likeness (QED) is 0.794. The first-order valence-electron chi connectivity index (χ1n) is 7.99. The maximum Gasteiger partial charge on any atom is 0.223 e. The number of likely N-dealkylation sites (N-methyl/N-ethyl adjacent to an activating group) is 1. The molecule has 0 spiro atoms. The van der Waals surface area contributed by atoms with Crippen LogP contribution in [0.5, 0.6) is 0 Å². The molecule has 0 unspecified atom stereocenters. The Kier molecular flexibility index (Phi) is 3.53. The Hall–Kier alpha value is -2.01. The van der Waals surface area contributed by atoms with Gasteiger partial charge in [0, 0.05) is 36.9 Å². The van der Waals surface area contributed by atoms with E-state index < -0.39 is 11.9 Å². The minimum atomic E-state index is -0.795. The molecule has 1 aromatic carbocycles. The summed E-state index contributed by atoms with van der Waals surface area (Å²) in [5.74, 6) is -0.814. The number of nitrogens with zero attached hydrogens (tertiary/aromatic N) is 3. The smallest absolute Gasteiger partial charge is 0.223 e. The topological polar surface area (TPSA) is 19.4 Å². The van der Waals surface area contributed by atoms with Crippen molar-refractivity contribution < 1.29 is 8.78 Å². The lowest BCUT2D eigenvalue weighted by Gasteiger charge is -2.26. The standard InChI is InChI=1S/C18H19F2N3/c1-22-10-13-8-9-23(16(13)11-22)14-4-2-12(3-5-14)15-6-7-17(19)21-18(15)20/h2-7,13,16H,8-11H2,1H3/t13-,16+/m1/s1. The van der Waals surface area contributed by atoms with Gasteiger partial charge in [0.2, 0.25) is 11.9 Å². The Morgan fingerprint density at radius 1 is 1.04 bits per heavy atom. The first-order chi connectivity index (χ1) is 11.1. The van der Waals surface area contributed by atoms with E-state index in [4.69, 9.17) is 0 Å². The third-order valence-corrected chi connectivity index (χ3v) is 5.05. The van der Waals surface area contributed by atoms with Gasteiger partial charge in [-0.2, -0.15) is 13.8 Å². The molecule has 1 aromatic heterocycles. The van der Waals surface area contributed by atoms with Crippen molar-refractivity contribution in [2.75, 3.05) is 31.6 Å². The Morgan fingerprint density at radius 2 is 1.83 bits per heavy atom. The van der Waals surface area contributed by atoms with E-state index in [2.05, 4.69) is 21.8 Å². The van der Waals surface area contributed by atoms with Crippen LogP contribution in [-0.2, 0) is 0 Å². The molecule has 3 nitrogen and oxygen atoms in total. The number of hydrogen-bond donors (Lipinski definition) is 0. The third-order valence-electron chi connectivity index (χ3n) is 5.05. The van der Waals surface area contributed by atoms with Gasteiger partial charge in [-0.05, 0) is 49.2 Å². The molecule has 2 saturated heterocycles. The van der Waals surface area contributed by atoms with E-state index >= 15 is 0 Å². The van der Waals surface area contributed by atoms with Crippen LogP contribution < -0.4 is 4.90 Å². The maximum atomic E-state index is 13.8. The molecule has 0 bridgehead atoms. The fraction of sp³-hybridized carbons (Fsp3) is 0.389. The first kappa shape index (κ1) is 14.6. The molecule has 2 fully saturated rings. The van der Waals surface area contributed by atoms with E-state index in [9.17, 15) is 8.78 Å². The van der Waals surface area contributed by atoms with Crippen molar-refractivity contribution in [1.29, 1.82) is 0 Å². The van der Waals surface area contributed by atoms with Gasteiger partial charge in [0.1, 0.15) is 0 Å². The molecular formula is C18H19F2N3. The maximum absolute atomic E-state index is 13.8. The second kappa shape index (κ2) is 5.57. The molecule has 0 saturated carbocycles. The van der Waals surface area contributed by atoms with Crippen LogP contribution in [-0.4, -0.2) is 42.6 Å². The largest absolute Gasteiger partial charge is 0.367 e. The monoisotopic (exact) mass is 315 g/mol. The van der Waals surface area contributed by atoms with Crippen LogP contribution in [0.25, 0.3) is 11.1 Å². The van der Waals surface area contributed by atoms with Gasteiger partial charge in [0.15, 0.2) is 0 Å². The Bertz CT molecular complexity index is 717. The summed E-state index contributed by atoms with van der Waals surface area (Å²) in [6.07, 6.45) is 1.23. The van der Waals surface area contributed by atoms with E-state index in [0.29, 0.717) is 11.6 Å². The minimum absolute atomic E-state index is 0.331. The lowest BCUT2D eigenvalue weighted by Crippen LogP contribution is -2.34. The zero-order chi connectivity index (χ0) is 16.0. The van der Waals surface area contributed by atoms with Gasteiger partial charge in [-0.25, -0.2) is 0 Å². The van der Waals surface area contributed by atoms with Crippen molar-refractivity contribution in [3.8, 4) is 11.1 Å². The van der Waals surface area contributed by atoms with Gasteiger partial charge in [0.25, 0.3) is 0 Å². The highest BCUT2D eigenvalue weighted by Gasteiger charge is 2.39. The van der Waals surface area contributed by atoms with Crippen molar-refractivity contribution in [2.45, 2.75) is 12.5 Å². The molecule has 0 N–H and O–H groups in total. The fourth-order valence-electron chi connectivity index (χ4n) is 3.95. The molecule has 0 radical (unpaired) electrons. The van der Waals surface area contributed by atoms with Gasteiger partial charge in [-0.15, -0.1) is 0 Å². The van der Waals surface area contributed by atoms with Crippen molar-refractivity contribution in [3.63, 3.8) is 0 Å². The molecule has 2 aromatic rings. The summed E-state index contributed by atoms with van der Waals surface area (Å²) < 4.78 is 26.7. The summed E-state index contributed by atoms with van der Waals surface area (Å²) in [4.78, 5) is 8.09. The van der Waals surface area contributed by atoms with Gasteiger partial charge >= 0.3 is 0 Å². The summed E-state index contributed by atoms with van der Waals surface area (Å²) in [7, 11) is 2.17. The lowest BCUT2D eigenvalue weighted by molar-refractivity contribution is 0.386. The average molecular weight is 315 g/mol. The van der Waals surface area contributed by atoms with Gasteiger partial charge in [0.05, 0.1) is 0 Å². The third kappa shape index (κ3) is 2.59. The second-order valence-corrected chi connectivity index (χ2v) is 6.55. The van der Waals surface area contributed by atoms with Crippen molar-refractivity contribution in [2.24, 2.45) is 5.92 Å². The van der Waals surface area contributed by atoms with Crippen LogP contribution in [0.2, 0.25) is 0 Å². The number of halogens is 2. The van der Waals surface area contributed by atoms with E-state index in [1.54, 1.807) is 0 Å². The normalized spacial score (nSPS) is 24.2. The van der Waals surface area contributed by atoms with Gasteiger partial charge in [-0.1, -0.05) is 12.1 Å². The second-order valence-electron chi connectivity index (χ2n) is 6.55. The molecule has 0 aliphatic carbocycles. The van der Waals surface area contributed by atoms with Crippen LogP contribution >= 0.6 is 0 Å². The number of fused-ring (bicyclic) bond motifs is 1. The number of likely N-dealkylation sites (tertiary alicyclic amines) is 1. The van der Waals surface area contributed by atoms with E-state index in [1.165, 1.54) is 30.8 Å². The predicted octanol–water partition coefficient (Wildman–Crippen LogP) is 3.17. The predicted molar refractivity (Wildman–Crippen MR) is 86.3 cm³/mol. The number of benzene rings is 1. The van der Waals surface area contributed by atoms with Crippen molar-refractivity contribution in [1.82, 2.24) is 9.88 Å². The van der Waals surface area contributed by atoms with Crippen LogP contribution in [0.15, 0.2) is 36.4 Å². The van der Waals surface area contributed by atoms with Gasteiger partial charge in [-0.3, -0.25) is 0 Å². The first-order valence-corrected chi connectivity index (χ1v) is 7.99. The summed E-state index contributed by atoms with van der Waals surface area (Å²) >= 11 is 0. The highest BCUT2D eigenvalue weighted by Crippen LogP contribution is 2.35. The van der Waals surface area contributed by atoms with Crippen LogP contribution in [0.3, 0.4) is 0 Å². The molecule has 2 aliphatic rings. The lowest BCUT2D eigenvalue weighted by atomic mass is 10.0. The SMILES string of the molecule is CN1C[C@H]2CCN(c3ccc(-c4ccc(F)nc4F)cc3)[C@H]2C1. The Labute approximate surface area is 134 Å². The number of anilines is 1. The zero-order valence-corrected chi connectivity index (χ0v) is 13.0. The van der Waals surface area contributed by atoms with Crippen LogP contribution in [0, 0.1) is 17.8 Å². The van der Waals surface area contributed by atoms with Crippen LogP contribution in [0.4, 0.5) is 14.5 Å². The van der Waals surface area contributed by atoms with E-state index in [1.807, 2.05) is 24.3 Å². The Balaban J connectivity index is 1.59. The number of hydrogen-bond acceptors (Lipinski definition) is 3. The Morgan fingerprint density at radius 3 is 2.57 bits per heavy atom. The highest BCUT2D eigenvalue weighted by molar-refractivity contribution is 5.66. The molecule has 4 rings (SSSR count). The number of aromatic nitrogens is 1. The highest BCUT2D eigenvalue weighted by atomic mass is 19.1. The minimum Gasteiger partial charge on any atom is -0.367 e. The summed E-state index contributed by atoms with van der Waals surface area (Å²) in [6, 6.07) is 11.0. The van der Waals surface area contributed by atoms with Gasteiger partial charge < -0.3 is 9.80 Å². The average Bonchev–Trinajstić information content (AvgIpc) is 3.06. The van der Waals surface area contributed by atoms with Crippen molar-refractivity contribution >= 4 is 5.69 Å². The molecule has 2 atom stereocenters. The van der Waals surface area contributed by atoms with E-state index in [-0.39, 0.29) is 0 Å². The number of pyridine rings is 1. The van der Waals surface area contributed by atoms with Crippen LogP contribution in [0.1, 0.15) is 6.42 Å².